The van der Waals surface area contributed by atoms with Crippen molar-refractivity contribution in [2.24, 2.45) is 0 Å². The number of thiazole rings is 1. The van der Waals surface area contributed by atoms with E-state index in [1.807, 2.05) is 13.8 Å². The number of aromatic nitrogens is 1. The number of ether oxygens (including phenoxy) is 1. The molecule has 0 saturated heterocycles. The van der Waals surface area contributed by atoms with Crippen molar-refractivity contribution in [2.45, 2.75) is 20.3 Å². The van der Waals surface area contributed by atoms with Crippen LogP contribution in [0.15, 0.2) is 17.5 Å². The third kappa shape index (κ3) is 4.40. The number of nitrogens with one attached hydrogen (secondary N) is 1. The van der Waals surface area contributed by atoms with Crippen LogP contribution in [0.1, 0.15) is 16.8 Å². The molecule has 2 heterocycles. The Kier molecular flexibility index (Phi) is 5.70. The highest BCUT2D eigenvalue weighted by Gasteiger charge is 2.06. The van der Waals surface area contributed by atoms with Crippen molar-refractivity contribution in [1.82, 2.24) is 10.3 Å². The molecule has 0 spiro atoms. The van der Waals surface area contributed by atoms with Gasteiger partial charge in [0.2, 0.25) is 5.91 Å². The summed E-state index contributed by atoms with van der Waals surface area (Å²) in [4.78, 5) is 18.3. The topological polar surface area (TPSA) is 51.2 Å². The van der Waals surface area contributed by atoms with E-state index in [0.717, 1.165) is 17.1 Å². The van der Waals surface area contributed by atoms with Crippen LogP contribution in [0, 0.1) is 6.92 Å². The van der Waals surface area contributed by atoms with Crippen LogP contribution in [0.5, 0.6) is 0 Å². The Morgan fingerprint density at radius 2 is 2.30 bits per heavy atom. The van der Waals surface area contributed by atoms with E-state index in [-0.39, 0.29) is 12.5 Å². The second kappa shape index (κ2) is 7.52. The summed E-state index contributed by atoms with van der Waals surface area (Å²) in [7, 11) is 0. The lowest BCUT2D eigenvalue weighted by molar-refractivity contribution is -0.125. The predicted molar refractivity (Wildman–Crippen MR) is 83.4 cm³/mol. The zero-order chi connectivity index (χ0) is 14.4. The van der Waals surface area contributed by atoms with Gasteiger partial charge in [0.05, 0.1) is 15.6 Å². The van der Waals surface area contributed by atoms with Crippen LogP contribution >= 0.6 is 22.7 Å². The van der Waals surface area contributed by atoms with Gasteiger partial charge >= 0.3 is 0 Å². The number of nitrogens with zero attached hydrogens (tertiary/aromatic N) is 1. The molecule has 2 aromatic rings. The maximum atomic E-state index is 11.4. The van der Waals surface area contributed by atoms with E-state index in [1.165, 1.54) is 9.75 Å². The van der Waals surface area contributed by atoms with Crippen LogP contribution in [-0.4, -0.2) is 30.6 Å². The predicted octanol–water partition coefficient (Wildman–Crippen LogP) is 2.88. The maximum Gasteiger partial charge on any atom is 0.246 e. The van der Waals surface area contributed by atoms with Crippen molar-refractivity contribution in [3.05, 3.63) is 27.4 Å². The molecule has 6 heteroatoms. The Morgan fingerprint density at radius 3 is 3.00 bits per heavy atom. The molecule has 0 atom stereocenters. The summed E-state index contributed by atoms with van der Waals surface area (Å²) < 4.78 is 5.05. The first-order chi connectivity index (χ1) is 9.69. The Balaban J connectivity index is 1.80. The molecule has 1 amide bonds. The fourth-order valence-corrected chi connectivity index (χ4v) is 3.35. The van der Waals surface area contributed by atoms with Crippen LogP contribution < -0.4 is 5.32 Å². The summed E-state index contributed by atoms with van der Waals surface area (Å²) in [5.74, 6) is -0.0567. The molecule has 1 N–H and O–H groups in total. The zero-order valence-electron chi connectivity index (χ0n) is 11.6. The number of thiophene rings is 1. The molecule has 0 aromatic carbocycles. The molecule has 0 radical (unpaired) electrons. The van der Waals surface area contributed by atoms with Gasteiger partial charge in [0.25, 0.3) is 0 Å². The molecular formula is C14H18N2O2S2. The highest BCUT2D eigenvalue weighted by Crippen LogP contribution is 2.29. The van der Waals surface area contributed by atoms with Gasteiger partial charge in [-0.15, -0.1) is 22.7 Å². The summed E-state index contributed by atoms with van der Waals surface area (Å²) in [6.07, 6.45) is 0.839. The normalized spacial score (nSPS) is 10.7. The third-order valence-electron chi connectivity index (χ3n) is 2.66. The van der Waals surface area contributed by atoms with E-state index in [2.05, 4.69) is 27.8 Å². The summed E-state index contributed by atoms with van der Waals surface area (Å²) in [6.45, 7) is 5.23. The highest BCUT2D eigenvalue weighted by atomic mass is 32.1. The quantitative estimate of drug-likeness (QED) is 0.855. The van der Waals surface area contributed by atoms with E-state index in [0.29, 0.717) is 13.2 Å². The molecular weight excluding hydrogens is 292 g/mol. The second-order valence-electron chi connectivity index (χ2n) is 4.25. The number of hydrogen-bond donors (Lipinski definition) is 1. The number of hydrogen-bond acceptors (Lipinski definition) is 5. The summed E-state index contributed by atoms with van der Waals surface area (Å²) in [5.41, 5.74) is 1.05. The van der Waals surface area contributed by atoms with Gasteiger partial charge in [-0.2, -0.15) is 0 Å². The molecule has 0 aliphatic carbocycles. The monoisotopic (exact) mass is 310 g/mol. The van der Waals surface area contributed by atoms with Crippen LogP contribution in [0.4, 0.5) is 0 Å². The lowest BCUT2D eigenvalue weighted by Crippen LogP contribution is -2.29. The minimum atomic E-state index is -0.0567. The van der Waals surface area contributed by atoms with Crippen molar-refractivity contribution in [3.8, 4) is 10.6 Å². The summed E-state index contributed by atoms with van der Waals surface area (Å²) in [5, 5.41) is 6.01. The lowest BCUT2D eigenvalue weighted by atomic mass is 10.3. The van der Waals surface area contributed by atoms with Crippen molar-refractivity contribution < 1.29 is 9.53 Å². The van der Waals surface area contributed by atoms with Gasteiger partial charge in [-0.1, -0.05) is 0 Å². The van der Waals surface area contributed by atoms with Gasteiger partial charge in [-0.25, -0.2) is 4.98 Å². The van der Waals surface area contributed by atoms with Gasteiger partial charge in [0.1, 0.15) is 6.61 Å². The SMILES string of the molecule is CCOCC(=O)NCCc1ccc(-c2csc(C)n2)s1. The van der Waals surface area contributed by atoms with Crippen LogP contribution in [0.25, 0.3) is 10.6 Å². The van der Waals surface area contributed by atoms with E-state index in [9.17, 15) is 4.79 Å². The molecule has 4 nitrogen and oxygen atoms in total. The highest BCUT2D eigenvalue weighted by molar-refractivity contribution is 7.16. The number of rotatable bonds is 7. The summed E-state index contributed by atoms with van der Waals surface area (Å²) in [6, 6.07) is 4.19. The third-order valence-corrected chi connectivity index (χ3v) is 4.61. The van der Waals surface area contributed by atoms with Crippen molar-refractivity contribution in [3.63, 3.8) is 0 Å². The first-order valence-corrected chi connectivity index (χ1v) is 8.24. The van der Waals surface area contributed by atoms with Gasteiger partial charge in [0.15, 0.2) is 0 Å². The Bertz CT molecular complexity index is 563. The fraction of sp³-hybridized carbons (Fsp3) is 0.429. The molecule has 0 aliphatic rings. The van der Waals surface area contributed by atoms with Crippen molar-refractivity contribution in [1.29, 1.82) is 0 Å². The standard InChI is InChI=1S/C14H18N2O2S2/c1-3-18-8-14(17)15-7-6-11-4-5-13(20-11)12-9-19-10(2)16-12/h4-5,9H,3,6-8H2,1-2H3,(H,15,17). The van der Waals surface area contributed by atoms with Gasteiger partial charge in [0, 0.05) is 23.4 Å². The van der Waals surface area contributed by atoms with E-state index >= 15 is 0 Å². The molecule has 20 heavy (non-hydrogen) atoms. The average molecular weight is 310 g/mol. The minimum absolute atomic E-state index is 0.0567. The zero-order valence-corrected chi connectivity index (χ0v) is 13.3. The van der Waals surface area contributed by atoms with Gasteiger partial charge in [-0.3, -0.25) is 4.79 Å². The van der Waals surface area contributed by atoms with Crippen LogP contribution in [0.3, 0.4) is 0 Å². The molecule has 0 unspecified atom stereocenters. The Labute approximate surface area is 126 Å². The first-order valence-electron chi connectivity index (χ1n) is 6.54. The van der Waals surface area contributed by atoms with E-state index < -0.39 is 0 Å². The van der Waals surface area contributed by atoms with Gasteiger partial charge in [-0.05, 0) is 32.4 Å². The molecule has 0 saturated carbocycles. The minimum Gasteiger partial charge on any atom is -0.372 e. The second-order valence-corrected chi connectivity index (χ2v) is 6.49. The molecule has 0 aliphatic heterocycles. The average Bonchev–Trinajstić information content (AvgIpc) is 3.05. The van der Waals surface area contributed by atoms with E-state index in [1.54, 1.807) is 22.7 Å². The first kappa shape index (κ1) is 15.2. The molecule has 2 aromatic heterocycles. The van der Waals surface area contributed by atoms with Crippen molar-refractivity contribution in [2.75, 3.05) is 19.8 Å². The van der Waals surface area contributed by atoms with Crippen LogP contribution in [-0.2, 0) is 16.0 Å². The summed E-state index contributed by atoms with van der Waals surface area (Å²) >= 11 is 3.39. The molecule has 0 fully saturated rings. The Morgan fingerprint density at radius 1 is 1.45 bits per heavy atom. The number of aryl methyl sites for hydroxylation is 1. The van der Waals surface area contributed by atoms with Crippen molar-refractivity contribution >= 4 is 28.6 Å². The largest absolute Gasteiger partial charge is 0.372 e. The molecule has 0 bridgehead atoms. The molecule has 2 rings (SSSR count). The lowest BCUT2D eigenvalue weighted by Gasteiger charge is -2.03. The van der Waals surface area contributed by atoms with E-state index in [4.69, 9.17) is 4.74 Å². The fourth-order valence-electron chi connectivity index (χ4n) is 1.70. The number of carbonyl (C=O) groups excluding carboxylic acids is 1. The van der Waals surface area contributed by atoms with Gasteiger partial charge < -0.3 is 10.1 Å². The van der Waals surface area contributed by atoms with Crippen LogP contribution in [0.2, 0.25) is 0 Å². The Hall–Kier alpha value is -1.24. The molecule has 108 valence electrons. The smallest absolute Gasteiger partial charge is 0.246 e. The maximum absolute atomic E-state index is 11.4. The number of carbonyl (C=O) groups is 1. The number of amides is 1.